The van der Waals surface area contributed by atoms with Crippen molar-refractivity contribution in [2.24, 2.45) is 0 Å². The Bertz CT molecular complexity index is 269. The maximum Gasteiger partial charge on any atom is 0.333 e. The quantitative estimate of drug-likeness (QED) is 0.625. The van der Waals surface area contributed by atoms with E-state index in [1.165, 1.54) is 11.1 Å². The van der Waals surface area contributed by atoms with E-state index in [4.69, 9.17) is 10.2 Å². The summed E-state index contributed by atoms with van der Waals surface area (Å²) >= 11 is 0. The number of nitrogens with zero attached hydrogens (tertiary/aromatic N) is 1. The van der Waals surface area contributed by atoms with Gasteiger partial charge < -0.3 is 15.1 Å². The summed E-state index contributed by atoms with van der Waals surface area (Å²) < 4.78 is 0. The van der Waals surface area contributed by atoms with Gasteiger partial charge in [-0.3, -0.25) is 4.79 Å². The average molecular weight is 185 g/mol. The lowest BCUT2D eigenvalue weighted by molar-refractivity contribution is -0.134. The van der Waals surface area contributed by atoms with Gasteiger partial charge in [0.25, 0.3) is 0 Å². The van der Waals surface area contributed by atoms with Gasteiger partial charge in [0, 0.05) is 6.20 Å². The lowest BCUT2D eigenvalue weighted by atomic mass is 10.2. The number of β-amino-alcohol motifs (C(OH)–C–C–N with tert-alkyl or cyclic N) is 1. The first-order chi connectivity index (χ1) is 6.00. The maximum absolute atomic E-state index is 11.1. The summed E-state index contributed by atoms with van der Waals surface area (Å²) in [5.74, 6) is -1.36. The lowest BCUT2D eigenvalue weighted by Gasteiger charge is -2.14. The van der Waals surface area contributed by atoms with Gasteiger partial charge in [0.15, 0.2) is 0 Å². The van der Waals surface area contributed by atoms with Crippen molar-refractivity contribution in [3.8, 4) is 0 Å². The largest absolute Gasteiger partial charge is 0.478 e. The normalized spacial score (nSPS) is 18.8. The molecule has 1 amide bonds. The number of carboxylic acids is 1. The second-order valence-electron chi connectivity index (χ2n) is 3.03. The number of carbonyl (C=O) groups is 2. The van der Waals surface area contributed by atoms with Crippen molar-refractivity contribution < 1.29 is 19.8 Å². The van der Waals surface area contributed by atoms with Crippen LogP contribution >= 0.6 is 0 Å². The van der Waals surface area contributed by atoms with Crippen LogP contribution in [0.1, 0.15) is 13.3 Å². The lowest BCUT2D eigenvalue weighted by Crippen LogP contribution is -2.28. The third kappa shape index (κ3) is 2.29. The molecule has 0 fully saturated rings. The van der Waals surface area contributed by atoms with Gasteiger partial charge in [0.1, 0.15) is 0 Å². The third-order valence-electron chi connectivity index (χ3n) is 1.71. The van der Waals surface area contributed by atoms with Crippen LogP contribution < -0.4 is 0 Å². The number of aliphatic carboxylic acids is 1. The fourth-order valence-electron chi connectivity index (χ4n) is 1.14. The van der Waals surface area contributed by atoms with Crippen molar-refractivity contribution in [3.63, 3.8) is 0 Å². The molecule has 0 aromatic carbocycles. The molecule has 1 rings (SSSR count). The molecule has 1 aliphatic heterocycles. The van der Waals surface area contributed by atoms with Crippen molar-refractivity contribution in [2.75, 3.05) is 6.54 Å². The molecular weight excluding hydrogens is 174 g/mol. The number of aliphatic hydroxyl groups excluding tert-OH is 1. The van der Waals surface area contributed by atoms with Crippen LogP contribution in [0.5, 0.6) is 0 Å². The maximum atomic E-state index is 11.1. The number of carbonyl (C=O) groups excluding carboxylic acids is 1. The summed E-state index contributed by atoms with van der Waals surface area (Å²) in [6.07, 6.45) is 0.549. The van der Waals surface area contributed by atoms with Crippen LogP contribution in [-0.2, 0) is 9.59 Å². The van der Waals surface area contributed by atoms with Crippen LogP contribution in [0.3, 0.4) is 0 Å². The molecule has 0 aromatic heterocycles. The molecular formula is C8H11NO4. The van der Waals surface area contributed by atoms with Crippen molar-refractivity contribution in [2.45, 2.75) is 19.4 Å². The summed E-state index contributed by atoms with van der Waals surface area (Å²) in [6.45, 7) is 1.69. The minimum atomic E-state index is -1.08. The van der Waals surface area contributed by atoms with Gasteiger partial charge in [-0.05, 0) is 6.92 Å². The molecule has 0 spiro atoms. The first-order valence-electron chi connectivity index (χ1n) is 3.92. The Morgan fingerprint density at radius 1 is 1.77 bits per heavy atom. The fourth-order valence-corrected chi connectivity index (χ4v) is 1.14. The highest BCUT2D eigenvalue weighted by molar-refractivity contribution is 5.97. The minimum absolute atomic E-state index is 0.0747. The monoisotopic (exact) mass is 185 g/mol. The SMILES string of the molecule is CC(O)CN1C=C(C(=O)O)CC1=O. The Kier molecular flexibility index (Phi) is 2.67. The van der Waals surface area contributed by atoms with E-state index in [0.717, 1.165) is 0 Å². The molecule has 72 valence electrons. The zero-order valence-electron chi connectivity index (χ0n) is 7.23. The van der Waals surface area contributed by atoms with Gasteiger partial charge in [0.2, 0.25) is 5.91 Å². The topological polar surface area (TPSA) is 77.8 Å². The van der Waals surface area contributed by atoms with E-state index in [-0.39, 0.29) is 24.4 Å². The molecule has 5 heteroatoms. The third-order valence-corrected chi connectivity index (χ3v) is 1.71. The molecule has 0 saturated heterocycles. The van der Waals surface area contributed by atoms with Gasteiger partial charge in [-0.1, -0.05) is 0 Å². The molecule has 13 heavy (non-hydrogen) atoms. The van der Waals surface area contributed by atoms with E-state index in [1.54, 1.807) is 6.92 Å². The highest BCUT2D eigenvalue weighted by Gasteiger charge is 2.26. The molecule has 1 heterocycles. The molecule has 1 aliphatic rings. The van der Waals surface area contributed by atoms with E-state index in [1.807, 2.05) is 0 Å². The minimum Gasteiger partial charge on any atom is -0.478 e. The number of aliphatic hydroxyl groups is 1. The Hall–Kier alpha value is -1.36. The number of amides is 1. The molecule has 0 radical (unpaired) electrons. The molecule has 0 aromatic rings. The van der Waals surface area contributed by atoms with Crippen molar-refractivity contribution in [1.29, 1.82) is 0 Å². The van der Waals surface area contributed by atoms with E-state index < -0.39 is 12.1 Å². The van der Waals surface area contributed by atoms with Gasteiger partial charge in [-0.15, -0.1) is 0 Å². The molecule has 0 bridgehead atoms. The van der Waals surface area contributed by atoms with Crippen LogP contribution in [0, 0.1) is 0 Å². The van der Waals surface area contributed by atoms with Crippen LogP contribution in [0.15, 0.2) is 11.8 Å². The number of rotatable bonds is 3. The van der Waals surface area contributed by atoms with Crippen LogP contribution in [0.2, 0.25) is 0 Å². The van der Waals surface area contributed by atoms with E-state index >= 15 is 0 Å². The van der Waals surface area contributed by atoms with Gasteiger partial charge in [-0.25, -0.2) is 4.79 Å². The van der Waals surface area contributed by atoms with E-state index in [9.17, 15) is 9.59 Å². The number of carboxylic acid groups (broad SMARTS) is 1. The van der Waals surface area contributed by atoms with Gasteiger partial charge in [-0.2, -0.15) is 0 Å². The summed E-state index contributed by atoms with van der Waals surface area (Å²) in [7, 11) is 0. The molecule has 2 N–H and O–H groups in total. The van der Waals surface area contributed by atoms with Gasteiger partial charge in [0.05, 0.1) is 24.6 Å². The van der Waals surface area contributed by atoms with Crippen molar-refractivity contribution in [1.82, 2.24) is 4.90 Å². The molecule has 1 atom stereocenters. The zero-order valence-corrected chi connectivity index (χ0v) is 7.23. The van der Waals surface area contributed by atoms with E-state index in [2.05, 4.69) is 0 Å². The first kappa shape index (κ1) is 9.73. The van der Waals surface area contributed by atoms with Crippen LogP contribution in [0.4, 0.5) is 0 Å². The van der Waals surface area contributed by atoms with Gasteiger partial charge >= 0.3 is 5.97 Å². The molecule has 0 saturated carbocycles. The second-order valence-corrected chi connectivity index (χ2v) is 3.03. The Morgan fingerprint density at radius 2 is 2.38 bits per heavy atom. The van der Waals surface area contributed by atoms with Crippen molar-refractivity contribution in [3.05, 3.63) is 11.8 Å². The first-order valence-corrected chi connectivity index (χ1v) is 3.92. The van der Waals surface area contributed by atoms with Crippen molar-refractivity contribution >= 4 is 11.9 Å². The highest BCUT2D eigenvalue weighted by Crippen LogP contribution is 2.15. The smallest absolute Gasteiger partial charge is 0.333 e. The van der Waals surface area contributed by atoms with Crippen LogP contribution in [-0.4, -0.2) is 39.6 Å². The zero-order chi connectivity index (χ0) is 10.0. The Balaban J connectivity index is 2.67. The average Bonchev–Trinajstić information content (AvgIpc) is 2.31. The van der Waals surface area contributed by atoms with E-state index in [0.29, 0.717) is 0 Å². The second kappa shape index (κ2) is 3.57. The fraction of sp³-hybridized carbons (Fsp3) is 0.500. The standard InChI is InChI=1S/C8H11NO4/c1-5(10)3-9-4-6(8(12)13)2-7(9)11/h4-5,10H,2-3H2,1H3,(H,12,13). The summed E-state index contributed by atoms with van der Waals surface area (Å²) in [5, 5.41) is 17.6. The molecule has 5 nitrogen and oxygen atoms in total. The highest BCUT2D eigenvalue weighted by atomic mass is 16.4. The summed E-state index contributed by atoms with van der Waals surface area (Å²) in [6, 6.07) is 0. The Morgan fingerprint density at radius 3 is 2.77 bits per heavy atom. The summed E-state index contributed by atoms with van der Waals surface area (Å²) in [5.41, 5.74) is 0.0747. The molecule has 1 unspecified atom stereocenters. The number of hydrogen-bond acceptors (Lipinski definition) is 3. The van der Waals surface area contributed by atoms with Crippen LogP contribution in [0.25, 0.3) is 0 Å². The predicted molar refractivity (Wildman–Crippen MR) is 43.7 cm³/mol. The Labute approximate surface area is 75.3 Å². The summed E-state index contributed by atoms with van der Waals surface area (Å²) in [4.78, 5) is 22.8. The predicted octanol–water partition coefficient (Wildman–Crippen LogP) is -0.432. The molecule has 0 aliphatic carbocycles. The number of hydrogen-bond donors (Lipinski definition) is 2.